The number of allylic oxidation sites excluding steroid dienone is 6. The first-order valence-electron chi connectivity index (χ1n) is 11.9. The maximum atomic E-state index is 10.1. The second-order valence-electron chi connectivity index (χ2n) is 10.5. The number of hydrogen-bond donors (Lipinski definition) is 2. The highest BCUT2D eigenvalue weighted by molar-refractivity contribution is 5.38. The summed E-state index contributed by atoms with van der Waals surface area (Å²) in [5.74, 6) is 2.40. The summed E-state index contributed by atoms with van der Waals surface area (Å²) in [6.07, 6.45) is 15.5. The number of hydrogen-bond acceptors (Lipinski definition) is 2. The molecule has 3 aliphatic carbocycles. The van der Waals surface area contributed by atoms with Crippen LogP contribution in [0.3, 0.4) is 0 Å². The summed E-state index contributed by atoms with van der Waals surface area (Å²) in [6.45, 7) is 17.4. The molecule has 3 aliphatic rings. The number of rotatable bonds is 5. The summed E-state index contributed by atoms with van der Waals surface area (Å²) in [4.78, 5) is 0. The van der Waals surface area contributed by atoms with Crippen molar-refractivity contribution < 1.29 is 10.2 Å². The standard InChI is InChI=1S/C28H42O2/c1-18(2)19(3)9-10-20(4)25-13-14-26-22(8-7-15-28(25,26)6)11-12-23-16-24(29)17-27(30)21(23)5/h9-12,19-20,24-27,29-30H,1,5,7-8,13-17H2,2-4,6H3/b10-9+,22-11+,23-12-/t19-,20+,24+,25?,26?,27-,28+/m0/s1. The average Bonchev–Trinajstić information content (AvgIpc) is 3.04. The smallest absolute Gasteiger partial charge is 0.0811 e. The van der Waals surface area contributed by atoms with Crippen LogP contribution in [0.25, 0.3) is 0 Å². The molecule has 0 spiro atoms. The van der Waals surface area contributed by atoms with Gasteiger partial charge in [0.05, 0.1) is 12.2 Å². The molecule has 0 saturated heterocycles. The van der Waals surface area contributed by atoms with Crippen LogP contribution in [0.5, 0.6) is 0 Å². The van der Waals surface area contributed by atoms with Crippen molar-refractivity contribution in [1.29, 1.82) is 0 Å². The molecule has 0 aliphatic heterocycles. The third-order valence-corrected chi connectivity index (χ3v) is 8.42. The van der Waals surface area contributed by atoms with Crippen LogP contribution in [-0.2, 0) is 0 Å². The number of fused-ring (bicyclic) bond motifs is 1. The quantitative estimate of drug-likeness (QED) is 0.506. The van der Waals surface area contributed by atoms with Gasteiger partial charge in [-0.05, 0) is 85.7 Å². The van der Waals surface area contributed by atoms with Crippen LogP contribution in [0.4, 0.5) is 0 Å². The van der Waals surface area contributed by atoms with E-state index >= 15 is 0 Å². The largest absolute Gasteiger partial charge is 0.393 e. The van der Waals surface area contributed by atoms with Gasteiger partial charge in [-0.25, -0.2) is 0 Å². The molecule has 2 heteroatoms. The number of aliphatic hydroxyl groups is 2. The first kappa shape index (κ1) is 23.3. The lowest BCUT2D eigenvalue weighted by atomic mass is 9.61. The van der Waals surface area contributed by atoms with E-state index < -0.39 is 12.2 Å². The zero-order valence-electron chi connectivity index (χ0n) is 19.5. The van der Waals surface area contributed by atoms with Crippen molar-refractivity contribution in [3.05, 3.63) is 59.8 Å². The van der Waals surface area contributed by atoms with Crippen LogP contribution in [0.15, 0.2) is 59.8 Å². The molecule has 0 amide bonds. The highest BCUT2D eigenvalue weighted by Crippen LogP contribution is 2.59. The van der Waals surface area contributed by atoms with Crippen LogP contribution >= 0.6 is 0 Å². The maximum Gasteiger partial charge on any atom is 0.0811 e. The SMILES string of the molecule is C=C(C)[C@@H](C)/C=C/[C@@H](C)C1CCC2/C(=C/C=C3/C[C@@H](O)C[C@H](O)C3=C)CCC[C@@]21C. The van der Waals surface area contributed by atoms with E-state index in [9.17, 15) is 10.2 Å². The first-order valence-corrected chi connectivity index (χ1v) is 11.9. The molecule has 3 fully saturated rings. The predicted molar refractivity (Wildman–Crippen MR) is 127 cm³/mol. The van der Waals surface area contributed by atoms with Crippen LogP contribution in [0.2, 0.25) is 0 Å². The summed E-state index contributed by atoms with van der Waals surface area (Å²) in [5.41, 5.74) is 4.95. The fourth-order valence-electron chi connectivity index (χ4n) is 6.25. The van der Waals surface area contributed by atoms with Gasteiger partial charge in [-0.15, -0.1) is 0 Å². The zero-order chi connectivity index (χ0) is 22.1. The maximum absolute atomic E-state index is 10.1. The minimum Gasteiger partial charge on any atom is -0.393 e. The number of aliphatic hydroxyl groups excluding tert-OH is 2. The summed E-state index contributed by atoms with van der Waals surface area (Å²) >= 11 is 0. The monoisotopic (exact) mass is 410 g/mol. The molecule has 2 nitrogen and oxygen atoms in total. The van der Waals surface area contributed by atoms with E-state index in [1.807, 2.05) is 0 Å². The topological polar surface area (TPSA) is 40.5 Å². The molecule has 7 atom stereocenters. The van der Waals surface area contributed by atoms with E-state index in [0.717, 1.165) is 17.1 Å². The van der Waals surface area contributed by atoms with Gasteiger partial charge < -0.3 is 10.2 Å². The second kappa shape index (κ2) is 9.40. The third-order valence-electron chi connectivity index (χ3n) is 8.42. The molecular weight excluding hydrogens is 368 g/mol. The molecule has 0 heterocycles. The summed E-state index contributed by atoms with van der Waals surface area (Å²) in [6, 6.07) is 0. The Morgan fingerprint density at radius 1 is 1.17 bits per heavy atom. The Hall–Kier alpha value is -1.38. The average molecular weight is 411 g/mol. The zero-order valence-corrected chi connectivity index (χ0v) is 19.5. The van der Waals surface area contributed by atoms with Crippen LogP contribution < -0.4 is 0 Å². The van der Waals surface area contributed by atoms with Crippen molar-refractivity contribution in [3.63, 3.8) is 0 Å². The predicted octanol–water partition coefficient (Wildman–Crippen LogP) is 6.53. The van der Waals surface area contributed by atoms with Gasteiger partial charge in [-0.1, -0.05) is 69.4 Å². The van der Waals surface area contributed by atoms with Gasteiger partial charge in [0.1, 0.15) is 0 Å². The minimum absolute atomic E-state index is 0.363. The van der Waals surface area contributed by atoms with Gasteiger partial charge >= 0.3 is 0 Å². The summed E-state index contributed by atoms with van der Waals surface area (Å²) < 4.78 is 0. The van der Waals surface area contributed by atoms with Gasteiger partial charge in [0.2, 0.25) is 0 Å². The fraction of sp³-hybridized carbons (Fsp3) is 0.643. The van der Waals surface area contributed by atoms with E-state index in [-0.39, 0.29) is 0 Å². The molecule has 30 heavy (non-hydrogen) atoms. The van der Waals surface area contributed by atoms with Gasteiger partial charge in [0.25, 0.3) is 0 Å². The van der Waals surface area contributed by atoms with Gasteiger partial charge in [0.15, 0.2) is 0 Å². The van der Waals surface area contributed by atoms with Crippen molar-refractivity contribution in [2.45, 2.75) is 84.8 Å². The van der Waals surface area contributed by atoms with Crippen molar-refractivity contribution in [1.82, 2.24) is 0 Å². The van der Waals surface area contributed by atoms with Gasteiger partial charge in [0, 0.05) is 6.42 Å². The molecule has 0 aromatic heterocycles. The highest BCUT2D eigenvalue weighted by Gasteiger charge is 2.50. The lowest BCUT2D eigenvalue weighted by Gasteiger charge is -2.44. The van der Waals surface area contributed by atoms with Crippen molar-refractivity contribution in [2.24, 2.45) is 29.1 Å². The molecule has 2 unspecified atom stereocenters. The molecule has 0 bridgehead atoms. The lowest BCUT2D eigenvalue weighted by Crippen LogP contribution is -2.35. The molecule has 3 rings (SSSR count). The Labute approximate surface area is 184 Å². The minimum atomic E-state index is -0.611. The highest BCUT2D eigenvalue weighted by atomic mass is 16.3. The van der Waals surface area contributed by atoms with Crippen LogP contribution in [-0.4, -0.2) is 22.4 Å². The van der Waals surface area contributed by atoms with Gasteiger partial charge in [-0.3, -0.25) is 0 Å². The Morgan fingerprint density at radius 3 is 2.60 bits per heavy atom. The van der Waals surface area contributed by atoms with E-state index in [2.05, 4.69) is 65.2 Å². The Kier molecular flexibility index (Phi) is 7.30. The Morgan fingerprint density at radius 2 is 1.90 bits per heavy atom. The summed E-state index contributed by atoms with van der Waals surface area (Å²) in [7, 11) is 0. The van der Waals surface area contributed by atoms with Crippen molar-refractivity contribution in [3.8, 4) is 0 Å². The fourth-order valence-corrected chi connectivity index (χ4v) is 6.25. The second-order valence-corrected chi connectivity index (χ2v) is 10.5. The van der Waals surface area contributed by atoms with E-state index in [1.54, 1.807) is 5.57 Å². The Balaban J connectivity index is 1.77. The van der Waals surface area contributed by atoms with E-state index in [1.165, 1.54) is 37.7 Å². The molecule has 0 aromatic rings. The molecular formula is C28H42O2. The molecule has 2 N–H and O–H groups in total. The third kappa shape index (κ3) is 4.75. The molecule has 166 valence electrons. The molecule has 0 aromatic carbocycles. The van der Waals surface area contributed by atoms with E-state index in [4.69, 9.17) is 0 Å². The lowest BCUT2D eigenvalue weighted by molar-refractivity contribution is 0.0862. The normalized spacial score (nSPS) is 39.5. The van der Waals surface area contributed by atoms with Crippen molar-refractivity contribution in [2.75, 3.05) is 0 Å². The molecule has 3 saturated carbocycles. The molecule has 0 radical (unpaired) electrons. The Bertz CT molecular complexity index is 755. The van der Waals surface area contributed by atoms with Crippen molar-refractivity contribution >= 4 is 0 Å². The van der Waals surface area contributed by atoms with E-state index in [0.29, 0.717) is 36.0 Å². The van der Waals surface area contributed by atoms with Crippen LogP contribution in [0.1, 0.15) is 72.6 Å². The van der Waals surface area contributed by atoms with Gasteiger partial charge in [-0.2, -0.15) is 0 Å². The first-order chi connectivity index (χ1) is 14.1. The van der Waals surface area contributed by atoms with Crippen LogP contribution in [0, 0.1) is 29.1 Å². The summed E-state index contributed by atoms with van der Waals surface area (Å²) in [5, 5.41) is 20.2.